The second kappa shape index (κ2) is 7.68. The molecule has 0 saturated heterocycles. The summed E-state index contributed by atoms with van der Waals surface area (Å²) in [5.74, 6) is 0.111. The molecule has 0 aliphatic rings. The number of ether oxygens (including phenoxy) is 1. The lowest BCUT2D eigenvalue weighted by molar-refractivity contribution is -0.118. The van der Waals surface area contributed by atoms with Crippen molar-refractivity contribution in [2.24, 2.45) is 0 Å². The third-order valence-electron chi connectivity index (χ3n) is 2.70. The maximum Gasteiger partial charge on any atom is 0.262 e. The van der Waals surface area contributed by atoms with Crippen LogP contribution in [-0.4, -0.2) is 12.5 Å². The Morgan fingerprint density at radius 1 is 1.18 bits per heavy atom. The fourth-order valence-electron chi connectivity index (χ4n) is 1.73. The summed E-state index contributed by atoms with van der Waals surface area (Å²) in [7, 11) is 0. The molecule has 7 heteroatoms. The molecule has 2 aromatic rings. The lowest BCUT2D eigenvalue weighted by Gasteiger charge is -2.12. The fourth-order valence-corrected chi connectivity index (χ4v) is 3.81. The molecule has 0 heterocycles. The molecule has 0 saturated carbocycles. The average Bonchev–Trinajstić information content (AvgIpc) is 2.42. The molecule has 0 spiro atoms. The number of halogens is 4. The summed E-state index contributed by atoms with van der Waals surface area (Å²) in [5, 5.41) is 3.65. The highest BCUT2D eigenvalue weighted by atomic mass is 79.9. The van der Waals surface area contributed by atoms with E-state index in [1.807, 2.05) is 19.1 Å². The van der Waals surface area contributed by atoms with Gasteiger partial charge < -0.3 is 10.1 Å². The summed E-state index contributed by atoms with van der Waals surface area (Å²) in [6.07, 6.45) is 0. The van der Waals surface area contributed by atoms with Gasteiger partial charge in [0, 0.05) is 14.0 Å². The van der Waals surface area contributed by atoms with Gasteiger partial charge in [-0.25, -0.2) is 0 Å². The zero-order valence-electron chi connectivity index (χ0n) is 11.4. The molecule has 116 valence electrons. The zero-order chi connectivity index (χ0) is 16.3. The van der Waals surface area contributed by atoms with Crippen LogP contribution in [0.15, 0.2) is 39.3 Å². The first kappa shape index (κ1) is 17.6. The first-order valence-electron chi connectivity index (χ1n) is 6.20. The number of rotatable bonds is 4. The number of anilines is 1. The molecule has 2 rings (SSSR count). The van der Waals surface area contributed by atoms with Crippen LogP contribution in [0.4, 0.5) is 5.69 Å². The van der Waals surface area contributed by atoms with Crippen molar-refractivity contribution in [2.75, 3.05) is 11.9 Å². The van der Waals surface area contributed by atoms with Crippen molar-refractivity contribution in [3.63, 3.8) is 0 Å². The highest BCUT2D eigenvalue weighted by molar-refractivity contribution is 9.11. The van der Waals surface area contributed by atoms with Crippen LogP contribution in [0.5, 0.6) is 5.75 Å². The molecule has 1 N–H and O–H groups in total. The van der Waals surface area contributed by atoms with Crippen LogP contribution in [0.25, 0.3) is 0 Å². The number of hydrogen-bond donors (Lipinski definition) is 1. The molecule has 22 heavy (non-hydrogen) atoms. The van der Waals surface area contributed by atoms with Gasteiger partial charge in [0.1, 0.15) is 5.75 Å². The van der Waals surface area contributed by atoms with Crippen LogP contribution in [0.1, 0.15) is 5.56 Å². The normalized spacial score (nSPS) is 10.4. The van der Waals surface area contributed by atoms with Gasteiger partial charge in [-0.1, -0.05) is 23.2 Å². The van der Waals surface area contributed by atoms with E-state index in [1.54, 1.807) is 18.2 Å². The Labute approximate surface area is 155 Å². The van der Waals surface area contributed by atoms with Gasteiger partial charge >= 0.3 is 0 Å². The van der Waals surface area contributed by atoms with E-state index >= 15 is 0 Å². The van der Waals surface area contributed by atoms with Gasteiger partial charge in [0.15, 0.2) is 6.61 Å². The highest BCUT2D eigenvalue weighted by Crippen LogP contribution is 2.32. The molecule has 0 fully saturated rings. The van der Waals surface area contributed by atoms with Crippen molar-refractivity contribution in [2.45, 2.75) is 6.92 Å². The molecule has 0 atom stereocenters. The number of carbonyl (C=O) groups is 1. The standard InChI is InChI=1S/C15H11Br2Cl2NO2/c1-8-4-10(16)15(11(17)5-8)20-14(21)7-22-13-3-2-9(18)6-12(13)19/h2-6H,7H2,1H3,(H,20,21). The predicted octanol–water partition coefficient (Wildman–Crippen LogP) is 5.84. The van der Waals surface area contributed by atoms with Crippen molar-refractivity contribution in [3.05, 3.63) is 54.9 Å². The van der Waals surface area contributed by atoms with E-state index in [1.165, 1.54) is 0 Å². The monoisotopic (exact) mass is 465 g/mol. The lowest BCUT2D eigenvalue weighted by Crippen LogP contribution is -2.20. The summed E-state index contributed by atoms with van der Waals surface area (Å²) in [6.45, 7) is 1.81. The Morgan fingerprint density at radius 2 is 1.82 bits per heavy atom. The van der Waals surface area contributed by atoms with E-state index in [0.29, 0.717) is 21.5 Å². The Kier molecular flexibility index (Phi) is 6.15. The summed E-state index contributed by atoms with van der Waals surface area (Å²) in [5.41, 5.74) is 1.72. The van der Waals surface area contributed by atoms with Crippen molar-refractivity contribution in [1.82, 2.24) is 0 Å². The number of aryl methyl sites for hydroxylation is 1. The van der Waals surface area contributed by atoms with Gasteiger partial charge in [-0.2, -0.15) is 0 Å². The average molecular weight is 468 g/mol. The van der Waals surface area contributed by atoms with Gasteiger partial charge in [0.2, 0.25) is 0 Å². The highest BCUT2D eigenvalue weighted by Gasteiger charge is 2.11. The minimum Gasteiger partial charge on any atom is -0.482 e. The van der Waals surface area contributed by atoms with Crippen molar-refractivity contribution in [3.8, 4) is 5.75 Å². The van der Waals surface area contributed by atoms with E-state index in [2.05, 4.69) is 37.2 Å². The van der Waals surface area contributed by atoms with E-state index in [-0.39, 0.29) is 12.5 Å². The molecule has 0 bridgehead atoms. The Hall–Kier alpha value is -0.750. The third kappa shape index (κ3) is 4.62. The maximum atomic E-state index is 12.0. The second-order valence-corrected chi connectivity index (χ2v) is 7.07. The fraction of sp³-hybridized carbons (Fsp3) is 0.133. The molecule has 0 aliphatic heterocycles. The summed E-state index contributed by atoms with van der Waals surface area (Å²) < 4.78 is 6.97. The molecule has 0 aliphatic carbocycles. The first-order chi connectivity index (χ1) is 10.4. The summed E-state index contributed by atoms with van der Waals surface area (Å²) in [4.78, 5) is 12.0. The van der Waals surface area contributed by atoms with Crippen molar-refractivity contribution < 1.29 is 9.53 Å². The van der Waals surface area contributed by atoms with E-state index in [0.717, 1.165) is 14.5 Å². The molecular formula is C15H11Br2Cl2NO2. The molecule has 0 aromatic heterocycles. The Morgan fingerprint density at radius 3 is 2.41 bits per heavy atom. The van der Waals surface area contributed by atoms with Crippen molar-refractivity contribution in [1.29, 1.82) is 0 Å². The predicted molar refractivity (Wildman–Crippen MR) is 97.2 cm³/mol. The van der Waals surface area contributed by atoms with E-state index < -0.39 is 0 Å². The van der Waals surface area contributed by atoms with Crippen LogP contribution in [0.3, 0.4) is 0 Å². The SMILES string of the molecule is Cc1cc(Br)c(NC(=O)COc2ccc(Cl)cc2Cl)c(Br)c1. The molecule has 3 nitrogen and oxygen atoms in total. The van der Waals surface area contributed by atoms with Gasteiger partial charge in [-0.3, -0.25) is 4.79 Å². The quantitative estimate of drug-likeness (QED) is 0.613. The number of nitrogens with one attached hydrogen (secondary N) is 1. The van der Waals surface area contributed by atoms with Gasteiger partial charge in [-0.05, 0) is 74.7 Å². The van der Waals surface area contributed by atoms with E-state index in [4.69, 9.17) is 27.9 Å². The van der Waals surface area contributed by atoms with Crippen LogP contribution in [0, 0.1) is 6.92 Å². The topological polar surface area (TPSA) is 38.3 Å². The third-order valence-corrected chi connectivity index (χ3v) is 4.48. The molecule has 2 aromatic carbocycles. The number of benzene rings is 2. The van der Waals surface area contributed by atoms with Crippen LogP contribution < -0.4 is 10.1 Å². The molecule has 0 radical (unpaired) electrons. The summed E-state index contributed by atoms with van der Waals surface area (Å²) in [6, 6.07) is 8.65. The van der Waals surface area contributed by atoms with Crippen LogP contribution in [0.2, 0.25) is 10.0 Å². The smallest absolute Gasteiger partial charge is 0.262 e. The van der Waals surface area contributed by atoms with Crippen molar-refractivity contribution >= 4 is 66.7 Å². The van der Waals surface area contributed by atoms with Crippen LogP contribution >= 0.6 is 55.1 Å². The minimum atomic E-state index is -0.295. The second-order valence-electron chi connectivity index (χ2n) is 4.52. The minimum absolute atomic E-state index is 0.159. The number of amides is 1. The van der Waals surface area contributed by atoms with Gasteiger partial charge in [-0.15, -0.1) is 0 Å². The Bertz CT molecular complexity index is 700. The van der Waals surface area contributed by atoms with E-state index in [9.17, 15) is 4.79 Å². The van der Waals surface area contributed by atoms with Gasteiger partial charge in [0.25, 0.3) is 5.91 Å². The number of carbonyl (C=O) groups excluding carboxylic acids is 1. The molecule has 0 unspecified atom stereocenters. The van der Waals surface area contributed by atoms with Crippen LogP contribution in [-0.2, 0) is 4.79 Å². The molecular weight excluding hydrogens is 457 g/mol. The first-order valence-corrected chi connectivity index (χ1v) is 8.54. The number of hydrogen-bond acceptors (Lipinski definition) is 2. The largest absolute Gasteiger partial charge is 0.482 e. The lowest BCUT2D eigenvalue weighted by atomic mass is 10.2. The Balaban J connectivity index is 2.02. The zero-order valence-corrected chi connectivity index (χ0v) is 16.1. The summed E-state index contributed by atoms with van der Waals surface area (Å²) >= 11 is 18.6. The molecule has 1 amide bonds. The maximum absolute atomic E-state index is 12.0. The van der Waals surface area contributed by atoms with Gasteiger partial charge in [0.05, 0.1) is 10.7 Å².